The van der Waals surface area contributed by atoms with Crippen LogP contribution in [0.5, 0.6) is 0 Å². The molecule has 1 fully saturated rings. The van der Waals surface area contributed by atoms with Crippen molar-refractivity contribution in [1.82, 2.24) is 10.2 Å². The predicted octanol–water partition coefficient (Wildman–Crippen LogP) is 5.45. The molecular formula is C28H33N3O. The molecule has 0 aliphatic carbocycles. The van der Waals surface area contributed by atoms with Gasteiger partial charge in [0.2, 0.25) is 5.91 Å². The molecule has 0 spiro atoms. The number of hydrogen-bond acceptors (Lipinski definition) is 3. The Morgan fingerprint density at radius 3 is 2.22 bits per heavy atom. The maximum Gasteiger partial charge on any atom is 0.246 e. The first kappa shape index (κ1) is 22.3. The number of amides is 1. The van der Waals surface area contributed by atoms with Crippen LogP contribution in [0.4, 0.5) is 5.69 Å². The molecule has 2 N–H and O–H groups in total. The van der Waals surface area contributed by atoms with E-state index in [1.54, 1.807) is 0 Å². The van der Waals surface area contributed by atoms with E-state index in [2.05, 4.69) is 39.8 Å². The topological polar surface area (TPSA) is 44.4 Å². The fourth-order valence-electron chi connectivity index (χ4n) is 4.31. The SMILES string of the molecule is Cc1ccc(NC(=O)C(NCc2ccccc2CN2CCCCC2)c2ccccc2)cc1. The summed E-state index contributed by atoms with van der Waals surface area (Å²) in [6, 6.07) is 26.0. The minimum Gasteiger partial charge on any atom is -0.324 e. The second-order valence-corrected chi connectivity index (χ2v) is 8.69. The minimum atomic E-state index is -0.430. The Morgan fingerprint density at radius 2 is 1.50 bits per heavy atom. The molecule has 3 aromatic rings. The van der Waals surface area contributed by atoms with Gasteiger partial charge in [-0.3, -0.25) is 15.0 Å². The summed E-state index contributed by atoms with van der Waals surface area (Å²) in [5.41, 5.74) is 5.54. The van der Waals surface area contributed by atoms with Gasteiger partial charge in [0, 0.05) is 18.8 Å². The first-order valence-corrected chi connectivity index (χ1v) is 11.6. The smallest absolute Gasteiger partial charge is 0.246 e. The van der Waals surface area contributed by atoms with Crippen molar-refractivity contribution < 1.29 is 4.79 Å². The van der Waals surface area contributed by atoms with Crippen LogP contribution >= 0.6 is 0 Å². The molecule has 0 saturated carbocycles. The third-order valence-corrected chi connectivity index (χ3v) is 6.17. The van der Waals surface area contributed by atoms with Crippen LogP contribution in [0.3, 0.4) is 0 Å². The van der Waals surface area contributed by atoms with E-state index in [-0.39, 0.29) is 5.91 Å². The van der Waals surface area contributed by atoms with Crippen molar-refractivity contribution >= 4 is 11.6 Å². The lowest BCUT2D eigenvalue weighted by atomic mass is 10.0. The molecular weight excluding hydrogens is 394 g/mol. The summed E-state index contributed by atoms with van der Waals surface area (Å²) in [6.07, 6.45) is 3.92. The zero-order valence-electron chi connectivity index (χ0n) is 18.9. The monoisotopic (exact) mass is 427 g/mol. The van der Waals surface area contributed by atoms with Crippen molar-refractivity contribution in [1.29, 1.82) is 0 Å². The number of nitrogens with one attached hydrogen (secondary N) is 2. The van der Waals surface area contributed by atoms with E-state index in [0.29, 0.717) is 6.54 Å². The maximum absolute atomic E-state index is 13.2. The van der Waals surface area contributed by atoms with Crippen LogP contribution in [-0.2, 0) is 17.9 Å². The van der Waals surface area contributed by atoms with Gasteiger partial charge in [-0.2, -0.15) is 0 Å². The molecule has 4 rings (SSSR count). The highest BCUT2D eigenvalue weighted by Crippen LogP contribution is 2.20. The van der Waals surface area contributed by atoms with E-state index >= 15 is 0 Å². The Labute approximate surface area is 191 Å². The molecule has 1 aliphatic heterocycles. The normalized spacial score (nSPS) is 15.3. The minimum absolute atomic E-state index is 0.0476. The van der Waals surface area contributed by atoms with Gasteiger partial charge in [0.1, 0.15) is 6.04 Å². The Hall–Kier alpha value is -2.95. The molecule has 1 aliphatic rings. The van der Waals surface area contributed by atoms with Crippen molar-refractivity contribution in [2.45, 2.75) is 45.3 Å². The Morgan fingerprint density at radius 1 is 0.844 bits per heavy atom. The highest BCUT2D eigenvalue weighted by molar-refractivity contribution is 5.95. The van der Waals surface area contributed by atoms with Gasteiger partial charge < -0.3 is 5.32 Å². The summed E-state index contributed by atoms with van der Waals surface area (Å²) in [5, 5.41) is 6.61. The molecule has 4 nitrogen and oxygen atoms in total. The summed E-state index contributed by atoms with van der Waals surface area (Å²) in [4.78, 5) is 15.8. The predicted molar refractivity (Wildman–Crippen MR) is 131 cm³/mol. The van der Waals surface area contributed by atoms with Crippen molar-refractivity contribution in [2.24, 2.45) is 0 Å². The van der Waals surface area contributed by atoms with E-state index in [1.807, 2.05) is 61.5 Å². The second kappa shape index (κ2) is 11.1. The molecule has 0 aromatic heterocycles. The number of piperidine rings is 1. The number of rotatable bonds is 8. The molecule has 1 saturated heterocycles. The number of aryl methyl sites for hydroxylation is 1. The summed E-state index contributed by atoms with van der Waals surface area (Å²) < 4.78 is 0. The fraction of sp³-hybridized carbons (Fsp3) is 0.321. The second-order valence-electron chi connectivity index (χ2n) is 8.69. The van der Waals surface area contributed by atoms with Gasteiger partial charge in [0.25, 0.3) is 0 Å². The number of benzene rings is 3. The van der Waals surface area contributed by atoms with Gasteiger partial charge in [0.05, 0.1) is 0 Å². The largest absolute Gasteiger partial charge is 0.324 e. The van der Waals surface area contributed by atoms with Gasteiger partial charge in [-0.05, 0) is 61.7 Å². The van der Waals surface area contributed by atoms with Crippen LogP contribution in [0.2, 0.25) is 0 Å². The Bertz CT molecular complexity index is 995. The molecule has 1 heterocycles. The van der Waals surface area contributed by atoms with Crippen molar-refractivity contribution in [3.8, 4) is 0 Å². The lowest BCUT2D eigenvalue weighted by Crippen LogP contribution is -2.33. The molecule has 3 aromatic carbocycles. The van der Waals surface area contributed by atoms with E-state index < -0.39 is 6.04 Å². The van der Waals surface area contributed by atoms with Crippen LogP contribution in [0.25, 0.3) is 0 Å². The maximum atomic E-state index is 13.2. The lowest BCUT2D eigenvalue weighted by molar-refractivity contribution is -0.118. The molecule has 32 heavy (non-hydrogen) atoms. The average molecular weight is 428 g/mol. The van der Waals surface area contributed by atoms with Crippen molar-refractivity contribution in [3.63, 3.8) is 0 Å². The highest BCUT2D eigenvalue weighted by atomic mass is 16.2. The molecule has 1 atom stereocenters. The van der Waals surface area contributed by atoms with Gasteiger partial charge in [0.15, 0.2) is 0 Å². The number of likely N-dealkylation sites (tertiary alicyclic amines) is 1. The third-order valence-electron chi connectivity index (χ3n) is 6.17. The highest BCUT2D eigenvalue weighted by Gasteiger charge is 2.21. The quantitative estimate of drug-likeness (QED) is 0.502. The third kappa shape index (κ3) is 6.06. The van der Waals surface area contributed by atoms with Crippen LogP contribution in [0.1, 0.15) is 47.6 Å². The van der Waals surface area contributed by atoms with Gasteiger partial charge in [-0.1, -0.05) is 78.7 Å². The van der Waals surface area contributed by atoms with Crippen LogP contribution in [0, 0.1) is 6.92 Å². The Balaban J connectivity index is 1.48. The van der Waals surface area contributed by atoms with Gasteiger partial charge in [-0.25, -0.2) is 0 Å². The summed E-state index contributed by atoms with van der Waals surface area (Å²) in [7, 11) is 0. The number of nitrogens with zero attached hydrogens (tertiary/aromatic N) is 1. The number of hydrogen-bond donors (Lipinski definition) is 2. The van der Waals surface area contributed by atoms with E-state index in [4.69, 9.17) is 0 Å². The molecule has 1 unspecified atom stereocenters. The fourth-order valence-corrected chi connectivity index (χ4v) is 4.31. The molecule has 0 radical (unpaired) electrons. The first-order valence-electron chi connectivity index (χ1n) is 11.6. The van der Waals surface area contributed by atoms with Crippen molar-refractivity contribution in [2.75, 3.05) is 18.4 Å². The van der Waals surface area contributed by atoms with E-state index in [0.717, 1.165) is 17.8 Å². The van der Waals surface area contributed by atoms with Gasteiger partial charge >= 0.3 is 0 Å². The summed E-state index contributed by atoms with van der Waals surface area (Å²) in [5.74, 6) is -0.0476. The van der Waals surface area contributed by atoms with Gasteiger partial charge in [-0.15, -0.1) is 0 Å². The molecule has 1 amide bonds. The van der Waals surface area contributed by atoms with E-state index in [9.17, 15) is 4.79 Å². The number of anilines is 1. The summed E-state index contributed by atoms with van der Waals surface area (Å²) in [6.45, 7) is 6.01. The zero-order valence-corrected chi connectivity index (χ0v) is 18.9. The summed E-state index contributed by atoms with van der Waals surface area (Å²) >= 11 is 0. The van der Waals surface area contributed by atoms with Crippen LogP contribution < -0.4 is 10.6 Å². The lowest BCUT2D eigenvalue weighted by Gasteiger charge is -2.27. The number of carbonyl (C=O) groups is 1. The molecule has 4 heteroatoms. The van der Waals surface area contributed by atoms with E-state index in [1.165, 1.54) is 49.0 Å². The molecule has 166 valence electrons. The average Bonchev–Trinajstić information content (AvgIpc) is 2.83. The van der Waals surface area contributed by atoms with Crippen LogP contribution in [0.15, 0.2) is 78.9 Å². The first-order chi connectivity index (χ1) is 15.7. The van der Waals surface area contributed by atoms with Crippen LogP contribution in [-0.4, -0.2) is 23.9 Å². The Kier molecular flexibility index (Phi) is 7.70. The molecule has 0 bridgehead atoms. The zero-order chi connectivity index (χ0) is 22.2. The standard InChI is InChI=1S/C28H33N3O/c1-22-14-16-26(17-15-22)30-28(32)27(23-10-4-2-5-11-23)29-20-24-12-6-7-13-25(24)21-31-18-8-3-9-19-31/h2,4-7,10-17,27,29H,3,8-9,18-21H2,1H3,(H,30,32). The number of carbonyl (C=O) groups excluding carboxylic acids is 1. The van der Waals surface area contributed by atoms with Crippen molar-refractivity contribution in [3.05, 3.63) is 101 Å².